The van der Waals surface area contributed by atoms with Gasteiger partial charge in [0.05, 0.1) is 6.33 Å². The number of hydrogen-bond acceptors (Lipinski definition) is 2. The quantitative estimate of drug-likeness (QED) is 0.580. The molecule has 0 atom stereocenters. The van der Waals surface area contributed by atoms with E-state index in [1.165, 1.54) is 19.3 Å². The van der Waals surface area contributed by atoms with E-state index in [-0.39, 0.29) is 0 Å². The molecule has 0 amide bonds. The highest BCUT2D eigenvalue weighted by Gasteiger charge is 2.49. The summed E-state index contributed by atoms with van der Waals surface area (Å²) in [5, 5.41) is 0. The fourth-order valence-electron chi connectivity index (χ4n) is 2.25. The van der Waals surface area contributed by atoms with Gasteiger partial charge >= 0.3 is 0 Å². The molecule has 0 N–H and O–H groups in total. The van der Waals surface area contributed by atoms with E-state index in [1.54, 1.807) is 0 Å². The van der Waals surface area contributed by atoms with Crippen molar-refractivity contribution in [1.29, 1.82) is 0 Å². The normalized spacial score (nSPS) is 22.7. The molecular formula is C9H10N2O. The second-order valence-electron chi connectivity index (χ2n) is 3.79. The standard InChI is InChI=1S/C9H10N2O/c12-5-7-8-1-2-9(3-4-9)11(8)6-10-7/h5-6H,1-4H2. The maximum Gasteiger partial charge on any atom is 0.170 e. The first-order chi connectivity index (χ1) is 5.86. The van der Waals surface area contributed by atoms with Gasteiger partial charge in [-0.05, 0) is 25.7 Å². The Bertz CT molecular complexity index is 349. The Kier molecular flexibility index (Phi) is 0.953. The maximum atomic E-state index is 10.6. The third kappa shape index (κ3) is 0.578. The van der Waals surface area contributed by atoms with Gasteiger partial charge in [-0.15, -0.1) is 0 Å². The van der Waals surface area contributed by atoms with E-state index in [0.29, 0.717) is 11.2 Å². The summed E-state index contributed by atoms with van der Waals surface area (Å²) in [4.78, 5) is 14.7. The Labute approximate surface area is 70.4 Å². The van der Waals surface area contributed by atoms with Gasteiger partial charge in [0.2, 0.25) is 0 Å². The number of rotatable bonds is 1. The van der Waals surface area contributed by atoms with Crippen LogP contribution in [0, 0.1) is 0 Å². The molecule has 3 rings (SSSR count). The second kappa shape index (κ2) is 1.79. The zero-order valence-electron chi connectivity index (χ0n) is 6.79. The van der Waals surface area contributed by atoms with E-state index in [4.69, 9.17) is 0 Å². The minimum Gasteiger partial charge on any atom is -0.328 e. The van der Waals surface area contributed by atoms with Crippen molar-refractivity contribution in [3.05, 3.63) is 17.7 Å². The second-order valence-corrected chi connectivity index (χ2v) is 3.79. The van der Waals surface area contributed by atoms with Crippen LogP contribution in [0.25, 0.3) is 0 Å². The topological polar surface area (TPSA) is 34.9 Å². The molecule has 0 radical (unpaired) electrons. The molecule has 1 aromatic heterocycles. The summed E-state index contributed by atoms with van der Waals surface area (Å²) in [6.45, 7) is 0. The minimum atomic E-state index is 0.392. The number of nitrogens with zero attached hydrogens (tertiary/aromatic N) is 2. The van der Waals surface area contributed by atoms with Crippen LogP contribution in [0.3, 0.4) is 0 Å². The lowest BCUT2D eigenvalue weighted by Crippen LogP contribution is -2.09. The van der Waals surface area contributed by atoms with Crippen LogP contribution < -0.4 is 0 Å². The Morgan fingerprint density at radius 3 is 3.00 bits per heavy atom. The zero-order chi connectivity index (χ0) is 8.18. The number of fused-ring (bicyclic) bond motifs is 2. The van der Waals surface area contributed by atoms with E-state index >= 15 is 0 Å². The number of aromatic nitrogens is 2. The average Bonchev–Trinajstić information content (AvgIpc) is 2.59. The van der Waals surface area contributed by atoms with E-state index in [9.17, 15) is 4.79 Å². The van der Waals surface area contributed by atoms with Crippen LogP contribution in [0.15, 0.2) is 6.33 Å². The summed E-state index contributed by atoms with van der Waals surface area (Å²) >= 11 is 0. The first kappa shape index (κ1) is 6.40. The number of carbonyl (C=O) groups excluding carboxylic acids is 1. The summed E-state index contributed by atoms with van der Waals surface area (Å²) in [6, 6.07) is 0. The van der Waals surface area contributed by atoms with Gasteiger partial charge in [-0.1, -0.05) is 0 Å². The molecule has 3 heteroatoms. The SMILES string of the molecule is O=Cc1ncn2c1CCC21CC1. The summed E-state index contributed by atoms with van der Waals surface area (Å²) in [5.41, 5.74) is 2.20. The van der Waals surface area contributed by atoms with E-state index in [0.717, 1.165) is 18.4 Å². The van der Waals surface area contributed by atoms with Gasteiger partial charge in [-0.2, -0.15) is 0 Å². The van der Waals surface area contributed by atoms with Gasteiger partial charge < -0.3 is 4.57 Å². The van der Waals surface area contributed by atoms with Gasteiger partial charge in [0.25, 0.3) is 0 Å². The molecule has 12 heavy (non-hydrogen) atoms. The molecule has 0 bridgehead atoms. The van der Waals surface area contributed by atoms with Crippen LogP contribution in [0.1, 0.15) is 35.4 Å². The highest BCUT2D eigenvalue weighted by Crippen LogP contribution is 2.51. The van der Waals surface area contributed by atoms with Crippen LogP contribution in [-0.2, 0) is 12.0 Å². The van der Waals surface area contributed by atoms with Crippen molar-refractivity contribution in [3.8, 4) is 0 Å². The fourth-order valence-corrected chi connectivity index (χ4v) is 2.25. The van der Waals surface area contributed by atoms with Gasteiger partial charge in [0, 0.05) is 11.2 Å². The van der Waals surface area contributed by atoms with E-state index in [1.807, 2.05) is 6.33 Å². The number of imidazole rings is 1. The first-order valence-electron chi connectivity index (χ1n) is 4.38. The van der Waals surface area contributed by atoms with Crippen molar-refractivity contribution in [3.63, 3.8) is 0 Å². The van der Waals surface area contributed by atoms with E-state index in [2.05, 4.69) is 9.55 Å². The van der Waals surface area contributed by atoms with Crippen LogP contribution >= 0.6 is 0 Å². The van der Waals surface area contributed by atoms with Gasteiger partial charge in [0.15, 0.2) is 6.29 Å². The van der Waals surface area contributed by atoms with Crippen molar-refractivity contribution in [2.45, 2.75) is 31.2 Å². The number of hydrogen-bond donors (Lipinski definition) is 0. The Balaban J connectivity index is 2.18. The first-order valence-corrected chi connectivity index (χ1v) is 4.38. The predicted molar refractivity (Wildman–Crippen MR) is 43.1 cm³/mol. The molecule has 2 aliphatic rings. The zero-order valence-corrected chi connectivity index (χ0v) is 6.79. The van der Waals surface area contributed by atoms with Crippen LogP contribution in [0.2, 0.25) is 0 Å². The third-order valence-corrected chi connectivity index (χ3v) is 3.18. The highest BCUT2D eigenvalue weighted by molar-refractivity contribution is 5.73. The van der Waals surface area contributed by atoms with Crippen molar-refractivity contribution < 1.29 is 4.79 Å². The Morgan fingerprint density at radius 2 is 2.33 bits per heavy atom. The van der Waals surface area contributed by atoms with Crippen molar-refractivity contribution in [2.75, 3.05) is 0 Å². The summed E-state index contributed by atoms with van der Waals surface area (Å²) in [6.07, 6.45) is 7.50. The van der Waals surface area contributed by atoms with Crippen LogP contribution in [-0.4, -0.2) is 15.8 Å². The van der Waals surface area contributed by atoms with Gasteiger partial charge in [-0.3, -0.25) is 4.79 Å². The molecule has 3 nitrogen and oxygen atoms in total. The molecular weight excluding hydrogens is 152 g/mol. The smallest absolute Gasteiger partial charge is 0.170 e. The van der Waals surface area contributed by atoms with Crippen LogP contribution in [0.4, 0.5) is 0 Å². The largest absolute Gasteiger partial charge is 0.328 e. The Morgan fingerprint density at radius 1 is 1.50 bits per heavy atom. The summed E-state index contributed by atoms with van der Waals surface area (Å²) in [7, 11) is 0. The third-order valence-electron chi connectivity index (χ3n) is 3.18. The molecule has 1 spiro atoms. The maximum absolute atomic E-state index is 10.6. The van der Waals surface area contributed by atoms with Crippen molar-refractivity contribution in [1.82, 2.24) is 9.55 Å². The molecule has 0 unspecified atom stereocenters. The molecule has 1 aliphatic heterocycles. The predicted octanol–water partition coefficient (Wildman–Crippen LogP) is 1.13. The average molecular weight is 162 g/mol. The van der Waals surface area contributed by atoms with Gasteiger partial charge in [0.1, 0.15) is 5.69 Å². The minimum absolute atomic E-state index is 0.392. The lowest BCUT2D eigenvalue weighted by molar-refractivity contribution is 0.111. The molecule has 0 aromatic carbocycles. The molecule has 62 valence electrons. The summed E-state index contributed by atoms with van der Waals surface area (Å²) < 4.78 is 2.22. The molecule has 1 saturated carbocycles. The lowest BCUT2D eigenvalue weighted by atomic mass is 10.2. The monoisotopic (exact) mass is 162 g/mol. The number of carbonyl (C=O) groups is 1. The number of aldehydes is 1. The van der Waals surface area contributed by atoms with Crippen molar-refractivity contribution >= 4 is 6.29 Å². The Hall–Kier alpha value is -1.12. The van der Waals surface area contributed by atoms with Crippen molar-refractivity contribution in [2.24, 2.45) is 0 Å². The summed E-state index contributed by atoms with van der Waals surface area (Å²) in [5.74, 6) is 0. The molecule has 1 fully saturated rings. The van der Waals surface area contributed by atoms with Gasteiger partial charge in [-0.25, -0.2) is 4.98 Å². The highest BCUT2D eigenvalue weighted by atomic mass is 16.1. The molecule has 1 aromatic rings. The fraction of sp³-hybridized carbons (Fsp3) is 0.556. The molecule has 1 aliphatic carbocycles. The van der Waals surface area contributed by atoms with Crippen LogP contribution in [0.5, 0.6) is 0 Å². The molecule has 0 saturated heterocycles. The van der Waals surface area contributed by atoms with E-state index < -0.39 is 0 Å². The molecule has 2 heterocycles. The lowest BCUT2D eigenvalue weighted by Gasteiger charge is -2.07.